The van der Waals surface area contributed by atoms with E-state index in [4.69, 9.17) is 4.74 Å². The van der Waals surface area contributed by atoms with Crippen molar-refractivity contribution in [2.45, 2.75) is 26.4 Å². The number of benzene rings is 3. The first-order chi connectivity index (χ1) is 12.9. The van der Waals surface area contributed by atoms with Crippen LogP contribution in [0.15, 0.2) is 91.0 Å². The van der Waals surface area contributed by atoms with Crippen molar-refractivity contribution >= 4 is 51.5 Å². The Balaban J connectivity index is 0.00000280. The van der Waals surface area contributed by atoms with E-state index >= 15 is 0 Å². The summed E-state index contributed by atoms with van der Waals surface area (Å²) in [6.07, 6.45) is 0. The number of hydrogen-bond acceptors (Lipinski definition) is 2. The van der Waals surface area contributed by atoms with Crippen LogP contribution in [0.2, 0.25) is 0 Å². The molecule has 0 aliphatic heterocycles. The second kappa shape index (κ2) is 9.41. The summed E-state index contributed by atoms with van der Waals surface area (Å²) in [6.45, 7) is 3.39. The van der Waals surface area contributed by atoms with E-state index in [9.17, 15) is 4.79 Å². The van der Waals surface area contributed by atoms with Crippen LogP contribution in [0.25, 0.3) is 0 Å². The van der Waals surface area contributed by atoms with Crippen molar-refractivity contribution in [1.29, 1.82) is 0 Å². The maximum Gasteiger partial charge on any atom is 0.332 e. The van der Waals surface area contributed by atoms with Gasteiger partial charge in [-0.05, 0) is 43.6 Å². The Kier molecular flexibility index (Phi) is 7.46. The first-order valence-corrected chi connectivity index (χ1v) is 10.9. The Bertz CT molecular complexity index is 843. The van der Waals surface area contributed by atoms with E-state index in [0.717, 1.165) is 15.9 Å². The molecule has 0 spiro atoms. The van der Waals surface area contributed by atoms with Crippen molar-refractivity contribution < 1.29 is 9.53 Å². The van der Waals surface area contributed by atoms with Gasteiger partial charge in [0.25, 0.3) is 0 Å². The first-order valence-electron chi connectivity index (χ1n) is 9.06. The van der Waals surface area contributed by atoms with E-state index in [1.165, 1.54) is 0 Å². The molecule has 0 N–H and O–H groups in total. The largest absolute Gasteiger partial charge is 0.457 e. The lowest BCUT2D eigenvalue weighted by atomic mass is 10.2. The molecular formula is C24H26BrO2P. The molecule has 28 heavy (non-hydrogen) atoms. The first kappa shape index (κ1) is 22.2. The zero-order valence-electron chi connectivity index (χ0n) is 16.4. The van der Waals surface area contributed by atoms with Crippen molar-refractivity contribution in [3.8, 4) is 0 Å². The minimum Gasteiger partial charge on any atom is -0.457 e. The third kappa shape index (κ3) is 5.04. The van der Waals surface area contributed by atoms with E-state index in [-0.39, 0.29) is 23.0 Å². The van der Waals surface area contributed by atoms with Crippen LogP contribution in [-0.2, 0) is 9.53 Å². The Morgan fingerprint density at radius 1 is 0.714 bits per heavy atom. The number of halogens is 1. The number of ether oxygens (including phenoxy) is 1. The highest BCUT2D eigenvalue weighted by atomic mass is 79.9. The Labute approximate surface area is 178 Å². The molecule has 0 unspecified atom stereocenters. The second-order valence-electron chi connectivity index (χ2n) is 7.39. The molecule has 0 heterocycles. The van der Waals surface area contributed by atoms with Gasteiger partial charge in [0.2, 0.25) is 0 Å². The molecule has 0 aliphatic rings. The third-order valence-electron chi connectivity index (χ3n) is 4.20. The molecule has 3 aromatic rings. The quantitative estimate of drug-likeness (QED) is 0.420. The van der Waals surface area contributed by atoms with E-state index in [1.807, 2.05) is 81.2 Å². The highest BCUT2D eigenvalue weighted by Crippen LogP contribution is 2.43. The molecular weight excluding hydrogens is 431 g/mol. The average Bonchev–Trinajstić information content (AvgIpc) is 2.67. The number of esters is 1. The summed E-state index contributed by atoms with van der Waals surface area (Å²) in [5, 5.41) is 3.40. The van der Waals surface area contributed by atoms with Gasteiger partial charge in [-0.15, -0.1) is 17.0 Å². The lowest BCUT2D eigenvalue weighted by Gasteiger charge is -2.29. The van der Waals surface area contributed by atoms with E-state index in [2.05, 4.69) is 36.4 Å². The average molecular weight is 457 g/mol. The summed E-state index contributed by atoms with van der Waals surface area (Å²) in [5.41, 5.74) is -0.534. The van der Waals surface area contributed by atoms with Gasteiger partial charge in [0.1, 0.15) is 5.60 Å². The number of carbonyl (C=O) groups excluding carboxylic acids is 1. The van der Waals surface area contributed by atoms with Gasteiger partial charge in [-0.25, -0.2) is 4.79 Å². The fourth-order valence-corrected chi connectivity index (χ4v) is 6.78. The van der Waals surface area contributed by atoms with Gasteiger partial charge in [-0.1, -0.05) is 91.0 Å². The van der Waals surface area contributed by atoms with Crippen molar-refractivity contribution in [2.75, 3.05) is 0 Å². The molecule has 0 fully saturated rings. The molecule has 0 atom stereocenters. The predicted octanol–water partition coefficient (Wildman–Crippen LogP) is 4.70. The molecule has 0 amide bonds. The third-order valence-corrected chi connectivity index (χ3v) is 8.13. The van der Waals surface area contributed by atoms with Crippen LogP contribution in [0.5, 0.6) is 0 Å². The van der Waals surface area contributed by atoms with Crippen LogP contribution >= 0.6 is 23.9 Å². The van der Waals surface area contributed by atoms with E-state index in [0.29, 0.717) is 0 Å². The van der Waals surface area contributed by atoms with Gasteiger partial charge in [-0.3, -0.25) is 0 Å². The minimum absolute atomic E-state index is 0. The standard InChI is InChI=1S/C24H25O2P.BrH/c1-24(2,3)26-23(25)19-27(20-13-7-4-8-14-20,21-15-9-5-10-16-21)22-17-11-6-12-18-22;/h4-19H,1-3H3;1H. The van der Waals surface area contributed by atoms with Crippen LogP contribution in [0.3, 0.4) is 0 Å². The summed E-state index contributed by atoms with van der Waals surface area (Å²) in [6, 6.07) is 30.8. The summed E-state index contributed by atoms with van der Waals surface area (Å²) in [7, 11) is 0. The van der Waals surface area contributed by atoms with Crippen LogP contribution < -0.4 is 15.9 Å². The maximum absolute atomic E-state index is 12.9. The monoisotopic (exact) mass is 456 g/mol. The highest BCUT2D eigenvalue weighted by molar-refractivity contribution is 8.93. The van der Waals surface area contributed by atoms with Crippen molar-refractivity contribution in [3.63, 3.8) is 0 Å². The molecule has 4 heteroatoms. The van der Waals surface area contributed by atoms with Crippen molar-refractivity contribution in [2.24, 2.45) is 0 Å². The molecule has 3 aromatic carbocycles. The van der Waals surface area contributed by atoms with Gasteiger partial charge in [0.15, 0.2) is 0 Å². The van der Waals surface area contributed by atoms with Gasteiger partial charge in [0.05, 0.1) is 0 Å². The topological polar surface area (TPSA) is 26.3 Å². The zero-order chi connectivity index (χ0) is 19.3. The maximum atomic E-state index is 12.9. The Morgan fingerprint density at radius 3 is 1.32 bits per heavy atom. The van der Waals surface area contributed by atoms with Crippen LogP contribution in [0, 0.1) is 0 Å². The molecule has 0 aromatic heterocycles. The highest BCUT2D eigenvalue weighted by Gasteiger charge is 2.27. The van der Waals surface area contributed by atoms with E-state index < -0.39 is 12.5 Å². The molecule has 2 nitrogen and oxygen atoms in total. The van der Waals surface area contributed by atoms with Gasteiger partial charge in [0, 0.05) is 5.80 Å². The number of rotatable bonds is 4. The smallest absolute Gasteiger partial charge is 0.332 e. The summed E-state index contributed by atoms with van der Waals surface area (Å²) >= 11 is 0. The molecule has 0 saturated carbocycles. The molecule has 146 valence electrons. The summed E-state index contributed by atoms with van der Waals surface area (Å²) in [5.74, 6) is 1.53. The van der Waals surface area contributed by atoms with Crippen LogP contribution in [-0.4, -0.2) is 17.4 Å². The fraction of sp³-hybridized carbons (Fsp3) is 0.167. The molecule has 0 aliphatic carbocycles. The lowest BCUT2D eigenvalue weighted by Crippen LogP contribution is -2.31. The fourth-order valence-electron chi connectivity index (χ4n) is 3.15. The zero-order valence-corrected chi connectivity index (χ0v) is 19.0. The molecule has 0 radical (unpaired) electrons. The molecule has 0 bridgehead atoms. The SMILES string of the molecule is Br.CC(C)(C)OC(=O)C=P(c1ccccc1)(c1ccccc1)c1ccccc1. The molecule has 0 saturated heterocycles. The van der Waals surface area contributed by atoms with Gasteiger partial charge < -0.3 is 4.74 Å². The van der Waals surface area contributed by atoms with Crippen LogP contribution in [0.1, 0.15) is 20.8 Å². The number of carbonyl (C=O) groups is 1. The summed E-state index contributed by atoms with van der Waals surface area (Å²) in [4.78, 5) is 12.9. The number of hydrogen-bond donors (Lipinski definition) is 0. The Morgan fingerprint density at radius 2 is 1.04 bits per heavy atom. The Hall–Kier alpha value is -2.09. The lowest BCUT2D eigenvalue weighted by molar-refractivity contribution is -0.145. The molecule has 3 rings (SSSR count). The summed E-state index contributed by atoms with van der Waals surface area (Å²) < 4.78 is 5.69. The van der Waals surface area contributed by atoms with Crippen molar-refractivity contribution in [3.05, 3.63) is 91.0 Å². The van der Waals surface area contributed by atoms with Crippen molar-refractivity contribution in [1.82, 2.24) is 0 Å². The van der Waals surface area contributed by atoms with E-state index in [1.54, 1.807) is 0 Å². The minimum atomic E-state index is -2.29. The van der Waals surface area contributed by atoms with Gasteiger partial charge >= 0.3 is 5.97 Å². The van der Waals surface area contributed by atoms with Crippen LogP contribution in [0.4, 0.5) is 0 Å². The van der Waals surface area contributed by atoms with Gasteiger partial charge in [-0.2, -0.15) is 0 Å². The predicted molar refractivity (Wildman–Crippen MR) is 127 cm³/mol. The normalized spacial score (nSPS) is 11.2. The second-order valence-corrected chi connectivity index (χ2v) is 10.6.